The van der Waals surface area contributed by atoms with Gasteiger partial charge in [0, 0.05) is 24.3 Å². The molecule has 32 heavy (non-hydrogen) atoms. The van der Waals surface area contributed by atoms with Gasteiger partial charge in [0.2, 0.25) is 0 Å². The minimum Gasteiger partial charge on any atom is -0.457 e. The van der Waals surface area contributed by atoms with E-state index in [9.17, 15) is 19.3 Å². The third-order valence-electron chi connectivity index (χ3n) is 4.58. The lowest BCUT2D eigenvalue weighted by Gasteiger charge is -2.11. The van der Waals surface area contributed by atoms with Crippen molar-refractivity contribution in [2.45, 2.75) is 6.92 Å². The van der Waals surface area contributed by atoms with Crippen LogP contribution in [0.3, 0.4) is 0 Å². The van der Waals surface area contributed by atoms with Crippen molar-refractivity contribution in [3.05, 3.63) is 86.2 Å². The summed E-state index contributed by atoms with van der Waals surface area (Å²) >= 11 is 7.05. The smallest absolute Gasteiger partial charge is 0.288 e. The molecule has 1 saturated heterocycles. The third kappa shape index (κ3) is 4.44. The number of likely N-dealkylation sites (N-methyl/N-ethyl adjacent to an activating group) is 1. The Morgan fingerprint density at radius 3 is 2.66 bits per heavy atom. The lowest BCUT2D eigenvalue weighted by Crippen LogP contribution is -2.28. The van der Waals surface area contributed by atoms with Gasteiger partial charge in [-0.15, -0.1) is 0 Å². The van der Waals surface area contributed by atoms with E-state index < -0.39 is 4.92 Å². The second-order valence-electron chi connectivity index (χ2n) is 6.66. The molecule has 0 atom stereocenters. The molecule has 0 spiro atoms. The first-order chi connectivity index (χ1) is 15.4. The Bertz CT molecular complexity index is 1270. The Morgan fingerprint density at radius 2 is 1.97 bits per heavy atom. The van der Waals surface area contributed by atoms with Crippen LogP contribution in [0.15, 0.2) is 68.9 Å². The minimum absolute atomic E-state index is 0.0354. The predicted molar refractivity (Wildman–Crippen MR) is 122 cm³/mol. The van der Waals surface area contributed by atoms with Gasteiger partial charge < -0.3 is 4.42 Å². The molecule has 1 aliphatic heterocycles. The van der Waals surface area contributed by atoms with Crippen molar-refractivity contribution in [1.29, 1.82) is 0 Å². The fourth-order valence-corrected chi connectivity index (χ4v) is 4.25. The molecule has 0 radical (unpaired) electrons. The number of nitro groups is 1. The lowest BCUT2D eigenvalue weighted by molar-refractivity contribution is -0.384. The Hall–Kier alpha value is -3.43. The zero-order valence-electron chi connectivity index (χ0n) is 16.6. The number of nitrogens with zero attached hydrogens (tertiary/aromatic N) is 3. The number of amidine groups is 1. The summed E-state index contributed by atoms with van der Waals surface area (Å²) in [6.45, 7) is 2.25. The van der Waals surface area contributed by atoms with E-state index in [1.165, 1.54) is 53.1 Å². The number of nitro benzene ring substituents is 1. The molecule has 0 unspecified atom stereocenters. The van der Waals surface area contributed by atoms with Crippen molar-refractivity contribution in [1.82, 2.24) is 4.90 Å². The quantitative estimate of drug-likeness (QED) is 0.248. The van der Waals surface area contributed by atoms with Crippen LogP contribution in [0.1, 0.15) is 12.7 Å². The Kier molecular flexibility index (Phi) is 6.11. The van der Waals surface area contributed by atoms with Crippen LogP contribution < -0.4 is 0 Å². The average molecular weight is 472 g/mol. The van der Waals surface area contributed by atoms with Gasteiger partial charge in [0.25, 0.3) is 11.6 Å². The van der Waals surface area contributed by atoms with Crippen molar-refractivity contribution in [3.8, 4) is 11.3 Å². The van der Waals surface area contributed by atoms with Crippen LogP contribution in [0.4, 0.5) is 15.8 Å². The van der Waals surface area contributed by atoms with E-state index in [0.717, 1.165) is 0 Å². The molecule has 0 bridgehead atoms. The molecule has 0 N–H and O–H groups in total. The predicted octanol–water partition coefficient (Wildman–Crippen LogP) is 6.27. The number of aliphatic imine (C=N–C) groups is 1. The van der Waals surface area contributed by atoms with E-state index in [1.807, 2.05) is 6.92 Å². The Balaban J connectivity index is 1.61. The zero-order valence-corrected chi connectivity index (χ0v) is 18.2. The summed E-state index contributed by atoms with van der Waals surface area (Å²) in [5.41, 5.74) is 0.804. The maximum Gasteiger partial charge on any atom is 0.288 e. The summed E-state index contributed by atoms with van der Waals surface area (Å²) in [6.07, 6.45) is 1.59. The van der Waals surface area contributed by atoms with Gasteiger partial charge in [-0.2, -0.15) is 0 Å². The first-order valence-electron chi connectivity index (χ1n) is 9.45. The molecular weight excluding hydrogens is 457 g/mol. The number of hydrogen-bond donors (Lipinski definition) is 0. The highest BCUT2D eigenvalue weighted by Crippen LogP contribution is 2.36. The number of carbonyl (C=O) groups is 1. The molecule has 1 fully saturated rings. The summed E-state index contributed by atoms with van der Waals surface area (Å²) in [5, 5.41) is 11.6. The van der Waals surface area contributed by atoms with E-state index in [1.54, 1.807) is 24.3 Å². The number of furan rings is 1. The maximum atomic E-state index is 13.1. The normalized spacial score (nSPS) is 16.3. The molecule has 3 aromatic rings. The fourth-order valence-electron chi connectivity index (χ4n) is 3.02. The molecule has 4 rings (SSSR count). The lowest BCUT2D eigenvalue weighted by atomic mass is 10.1. The highest BCUT2D eigenvalue weighted by atomic mass is 35.5. The van der Waals surface area contributed by atoms with Gasteiger partial charge in [0.15, 0.2) is 5.17 Å². The molecule has 1 aromatic heterocycles. The number of amides is 1. The van der Waals surface area contributed by atoms with Gasteiger partial charge in [0.05, 0.1) is 15.5 Å². The van der Waals surface area contributed by atoms with E-state index >= 15 is 0 Å². The van der Waals surface area contributed by atoms with Gasteiger partial charge in [-0.05, 0) is 67.2 Å². The fraction of sp³-hybridized carbons (Fsp3) is 0.0909. The van der Waals surface area contributed by atoms with E-state index in [0.29, 0.717) is 39.4 Å². The highest BCUT2D eigenvalue weighted by Gasteiger charge is 2.32. The van der Waals surface area contributed by atoms with Crippen LogP contribution in [0.2, 0.25) is 5.02 Å². The van der Waals surface area contributed by atoms with E-state index in [2.05, 4.69) is 4.99 Å². The Morgan fingerprint density at radius 1 is 1.22 bits per heavy atom. The second kappa shape index (κ2) is 8.97. The molecule has 2 aromatic carbocycles. The van der Waals surface area contributed by atoms with Crippen molar-refractivity contribution in [3.63, 3.8) is 0 Å². The monoisotopic (exact) mass is 471 g/mol. The van der Waals surface area contributed by atoms with Gasteiger partial charge in [-0.3, -0.25) is 19.8 Å². The van der Waals surface area contributed by atoms with Crippen LogP contribution >= 0.6 is 23.4 Å². The van der Waals surface area contributed by atoms with Crippen LogP contribution in [-0.2, 0) is 4.79 Å². The van der Waals surface area contributed by atoms with Gasteiger partial charge in [0.1, 0.15) is 22.4 Å². The standard InChI is InChI=1S/C22H15ClFN3O4S/c1-2-26-21(28)20(32-22(26)25-15-6-4-14(24)5-7-15)12-16-8-10-19(31-16)13-3-9-17(23)18(11-13)27(29)30/h3-12H,2H2,1H3/b20-12-,25-22?. The largest absolute Gasteiger partial charge is 0.457 e. The zero-order chi connectivity index (χ0) is 22.8. The molecule has 2 heterocycles. The average Bonchev–Trinajstić information content (AvgIpc) is 3.34. The van der Waals surface area contributed by atoms with Gasteiger partial charge in [-0.1, -0.05) is 11.6 Å². The van der Waals surface area contributed by atoms with Crippen LogP contribution in [0, 0.1) is 15.9 Å². The summed E-state index contributed by atoms with van der Waals surface area (Å²) < 4.78 is 18.9. The molecule has 1 amide bonds. The molecular formula is C22H15ClFN3O4S. The van der Waals surface area contributed by atoms with Crippen molar-refractivity contribution in [2.75, 3.05) is 6.54 Å². The first-order valence-corrected chi connectivity index (χ1v) is 10.6. The summed E-state index contributed by atoms with van der Waals surface area (Å²) in [6, 6.07) is 13.4. The highest BCUT2D eigenvalue weighted by molar-refractivity contribution is 8.18. The SMILES string of the molecule is CCN1C(=O)/C(=C/c2ccc(-c3ccc(Cl)c([N+](=O)[O-])c3)o2)SC1=Nc1ccc(F)cc1. The second-order valence-corrected chi connectivity index (χ2v) is 8.07. The third-order valence-corrected chi connectivity index (χ3v) is 5.91. The molecule has 1 aliphatic rings. The number of hydrogen-bond acceptors (Lipinski definition) is 6. The molecule has 162 valence electrons. The van der Waals surface area contributed by atoms with Crippen molar-refractivity contribution in [2.24, 2.45) is 4.99 Å². The Labute approximate surface area is 191 Å². The molecule has 0 saturated carbocycles. The number of benzene rings is 2. The van der Waals surface area contributed by atoms with Crippen LogP contribution in [0.5, 0.6) is 0 Å². The van der Waals surface area contributed by atoms with Gasteiger partial charge in [-0.25, -0.2) is 9.38 Å². The topological polar surface area (TPSA) is 89.0 Å². The van der Waals surface area contributed by atoms with E-state index in [-0.39, 0.29) is 22.4 Å². The van der Waals surface area contributed by atoms with Crippen LogP contribution in [0.25, 0.3) is 17.4 Å². The number of carbonyl (C=O) groups excluding carboxylic acids is 1. The van der Waals surface area contributed by atoms with Crippen molar-refractivity contribution < 1.29 is 18.5 Å². The summed E-state index contributed by atoms with van der Waals surface area (Å²) in [5.74, 6) is 0.224. The maximum absolute atomic E-state index is 13.1. The minimum atomic E-state index is -0.563. The molecule has 10 heteroatoms. The number of rotatable bonds is 5. The van der Waals surface area contributed by atoms with E-state index in [4.69, 9.17) is 16.0 Å². The molecule has 7 nitrogen and oxygen atoms in total. The summed E-state index contributed by atoms with van der Waals surface area (Å²) in [7, 11) is 0. The number of halogens is 2. The van der Waals surface area contributed by atoms with Crippen LogP contribution in [-0.4, -0.2) is 27.4 Å². The first kappa shape index (κ1) is 21.8. The molecule has 0 aliphatic carbocycles. The van der Waals surface area contributed by atoms with Gasteiger partial charge >= 0.3 is 0 Å². The van der Waals surface area contributed by atoms with Crippen molar-refractivity contribution >= 4 is 51.9 Å². The number of thioether (sulfide) groups is 1. The summed E-state index contributed by atoms with van der Waals surface area (Å²) in [4.78, 5) is 29.7.